The number of fused-ring (bicyclic) bond motifs is 1. The number of rotatable bonds is 4. The molecule has 0 radical (unpaired) electrons. The van der Waals surface area contributed by atoms with Crippen molar-refractivity contribution in [2.75, 3.05) is 5.32 Å². The van der Waals surface area contributed by atoms with Gasteiger partial charge >= 0.3 is 0 Å². The summed E-state index contributed by atoms with van der Waals surface area (Å²) in [6, 6.07) is 14.8. The molecule has 3 N–H and O–H groups in total. The molecule has 1 aliphatic heterocycles. The molecule has 3 aromatic heterocycles. The molecule has 2 atom stereocenters. The molecule has 5 rings (SSSR count). The molecule has 1 fully saturated rings. The molecule has 0 aliphatic carbocycles. The number of para-hydroxylation sites is 1. The smallest absolute Gasteiger partial charge is 0.292 e. The Labute approximate surface area is 175 Å². The van der Waals surface area contributed by atoms with Crippen molar-refractivity contribution in [1.29, 1.82) is 0 Å². The summed E-state index contributed by atoms with van der Waals surface area (Å²) in [5.74, 6) is 0.195. The number of aromatic nitrogens is 2. The van der Waals surface area contributed by atoms with E-state index in [0.29, 0.717) is 23.5 Å². The van der Waals surface area contributed by atoms with Crippen LogP contribution in [0, 0.1) is 0 Å². The van der Waals surface area contributed by atoms with E-state index in [0.717, 1.165) is 10.3 Å². The molecule has 30 heavy (non-hydrogen) atoms. The van der Waals surface area contributed by atoms with Crippen LogP contribution in [-0.2, 0) is 4.79 Å². The first-order valence-corrected chi connectivity index (χ1v) is 10.4. The van der Waals surface area contributed by atoms with Gasteiger partial charge in [-0.1, -0.05) is 24.3 Å². The molecule has 1 aromatic carbocycles. The van der Waals surface area contributed by atoms with Crippen molar-refractivity contribution in [2.45, 2.75) is 25.7 Å². The van der Waals surface area contributed by atoms with Gasteiger partial charge in [-0.05, 0) is 30.5 Å². The van der Waals surface area contributed by atoms with Crippen molar-refractivity contribution in [3.63, 3.8) is 0 Å². The molecule has 2 amide bonds. The number of nitrogens with zero attached hydrogens (tertiary/aromatic N) is 2. The van der Waals surface area contributed by atoms with E-state index < -0.39 is 6.29 Å². The second-order valence-corrected chi connectivity index (χ2v) is 8.13. The number of nitrogens with one attached hydrogen (secondary N) is 3. The number of carbonyl (C=O) groups excluding carboxylic acids is 2. The van der Waals surface area contributed by atoms with Crippen LogP contribution in [0.25, 0.3) is 21.5 Å². The average molecular weight is 421 g/mol. The van der Waals surface area contributed by atoms with Crippen LogP contribution in [0.3, 0.4) is 0 Å². The van der Waals surface area contributed by atoms with Crippen molar-refractivity contribution in [3.05, 3.63) is 59.7 Å². The summed E-state index contributed by atoms with van der Waals surface area (Å²) >= 11 is 1.55. The van der Waals surface area contributed by atoms with Crippen LogP contribution in [-0.4, -0.2) is 27.6 Å². The van der Waals surface area contributed by atoms with Gasteiger partial charge in [0.2, 0.25) is 5.91 Å². The third-order valence-electron chi connectivity index (χ3n) is 4.88. The van der Waals surface area contributed by atoms with Gasteiger partial charge in [-0.25, -0.2) is 4.68 Å². The lowest BCUT2D eigenvalue weighted by atomic mass is 10.2. The summed E-state index contributed by atoms with van der Waals surface area (Å²) in [6.07, 6.45) is -0.183. The van der Waals surface area contributed by atoms with E-state index in [-0.39, 0.29) is 23.6 Å². The summed E-state index contributed by atoms with van der Waals surface area (Å²) in [6.45, 7) is 1.93. The second-order valence-electron chi connectivity index (χ2n) is 7.18. The van der Waals surface area contributed by atoms with Gasteiger partial charge in [-0.15, -0.1) is 11.3 Å². The number of thiophene rings is 1. The van der Waals surface area contributed by atoms with Crippen LogP contribution in [0.4, 0.5) is 5.82 Å². The predicted molar refractivity (Wildman–Crippen MR) is 114 cm³/mol. The molecule has 2 unspecified atom stereocenters. The highest BCUT2D eigenvalue weighted by Crippen LogP contribution is 2.28. The molecular weight excluding hydrogens is 402 g/mol. The van der Waals surface area contributed by atoms with E-state index in [4.69, 9.17) is 4.42 Å². The summed E-state index contributed by atoms with van der Waals surface area (Å²) in [5, 5.41) is 16.5. The van der Waals surface area contributed by atoms with Gasteiger partial charge < -0.3 is 15.1 Å². The van der Waals surface area contributed by atoms with Crippen molar-refractivity contribution < 1.29 is 14.0 Å². The Morgan fingerprint density at radius 2 is 2.13 bits per heavy atom. The first kappa shape index (κ1) is 18.6. The summed E-state index contributed by atoms with van der Waals surface area (Å²) in [5.41, 5.74) is 1.35. The molecule has 9 heteroatoms. The Balaban J connectivity index is 1.49. The van der Waals surface area contributed by atoms with Gasteiger partial charge in [0, 0.05) is 23.9 Å². The third kappa shape index (κ3) is 3.49. The lowest BCUT2D eigenvalue weighted by Crippen LogP contribution is -2.52. The zero-order valence-electron chi connectivity index (χ0n) is 16.1. The minimum atomic E-state index is -0.569. The van der Waals surface area contributed by atoms with Crippen molar-refractivity contribution in [2.24, 2.45) is 0 Å². The monoisotopic (exact) mass is 421 g/mol. The van der Waals surface area contributed by atoms with E-state index >= 15 is 0 Å². The van der Waals surface area contributed by atoms with Gasteiger partial charge in [0.25, 0.3) is 5.91 Å². The van der Waals surface area contributed by atoms with Crippen LogP contribution in [0.15, 0.2) is 58.3 Å². The molecule has 0 saturated carbocycles. The molecule has 4 aromatic rings. The average Bonchev–Trinajstić information content (AvgIpc) is 3.46. The summed E-state index contributed by atoms with van der Waals surface area (Å²) in [4.78, 5) is 25.9. The zero-order chi connectivity index (χ0) is 20.7. The lowest BCUT2D eigenvalue weighted by molar-refractivity contribution is -0.125. The molecule has 152 valence electrons. The second kappa shape index (κ2) is 7.43. The van der Waals surface area contributed by atoms with E-state index in [1.807, 2.05) is 48.7 Å². The zero-order valence-corrected chi connectivity index (χ0v) is 16.9. The van der Waals surface area contributed by atoms with E-state index in [2.05, 4.69) is 21.0 Å². The molecule has 0 bridgehead atoms. The Hall–Kier alpha value is -3.43. The number of hydrogen-bond donors (Lipinski definition) is 3. The number of furan rings is 1. The van der Waals surface area contributed by atoms with Gasteiger partial charge in [0.15, 0.2) is 12.0 Å². The molecule has 1 saturated heterocycles. The van der Waals surface area contributed by atoms with E-state index in [9.17, 15) is 9.59 Å². The molecule has 0 spiro atoms. The Bertz CT molecular complexity index is 1190. The van der Waals surface area contributed by atoms with Crippen LogP contribution >= 0.6 is 11.3 Å². The molecule has 4 heterocycles. The summed E-state index contributed by atoms with van der Waals surface area (Å²) < 4.78 is 7.26. The van der Waals surface area contributed by atoms with Crippen LogP contribution < -0.4 is 16.0 Å². The van der Waals surface area contributed by atoms with Gasteiger partial charge in [0.1, 0.15) is 17.1 Å². The maximum atomic E-state index is 12.9. The largest absolute Gasteiger partial charge is 0.451 e. The Kier molecular flexibility index (Phi) is 4.61. The summed E-state index contributed by atoms with van der Waals surface area (Å²) in [7, 11) is 0. The van der Waals surface area contributed by atoms with E-state index in [1.54, 1.807) is 28.2 Å². The van der Waals surface area contributed by atoms with Crippen molar-refractivity contribution >= 4 is 39.9 Å². The number of amides is 2. The van der Waals surface area contributed by atoms with Crippen LogP contribution in [0.1, 0.15) is 30.2 Å². The fourth-order valence-corrected chi connectivity index (χ4v) is 4.17. The quantitative estimate of drug-likeness (QED) is 0.468. The van der Waals surface area contributed by atoms with Crippen LogP contribution in [0.2, 0.25) is 0 Å². The number of anilines is 1. The third-order valence-corrected chi connectivity index (χ3v) is 5.77. The van der Waals surface area contributed by atoms with Crippen LogP contribution in [0.5, 0.6) is 0 Å². The SMILES string of the molecule is CC1CC(=O)NC(n2nc(-c3cccs3)cc2NC(=O)c2cc3ccccc3o2)N1. The fourth-order valence-electron chi connectivity index (χ4n) is 3.49. The normalized spacial score (nSPS) is 19.0. The highest BCUT2D eigenvalue weighted by Gasteiger charge is 2.28. The maximum Gasteiger partial charge on any atom is 0.292 e. The molecule has 8 nitrogen and oxygen atoms in total. The van der Waals surface area contributed by atoms with Gasteiger partial charge in [-0.2, -0.15) is 5.10 Å². The first-order valence-electron chi connectivity index (χ1n) is 9.55. The predicted octanol–water partition coefficient (Wildman–Crippen LogP) is 3.56. The minimum absolute atomic E-state index is 0.0166. The maximum absolute atomic E-state index is 12.9. The van der Waals surface area contributed by atoms with Gasteiger partial charge in [0.05, 0.1) is 4.88 Å². The standard InChI is InChI=1S/C21H19N5O3S/c1-12-9-19(27)24-21(22-12)26-18(11-14(25-26)17-7-4-8-30-17)23-20(28)16-10-13-5-2-3-6-15(13)29-16/h2-8,10-12,21-22H,9H2,1H3,(H,23,28)(H,24,27). The highest BCUT2D eigenvalue weighted by molar-refractivity contribution is 7.13. The topological polar surface area (TPSA) is 101 Å². The lowest BCUT2D eigenvalue weighted by Gasteiger charge is -2.30. The number of hydrogen-bond acceptors (Lipinski definition) is 6. The van der Waals surface area contributed by atoms with Gasteiger partial charge in [-0.3, -0.25) is 14.9 Å². The molecule has 1 aliphatic rings. The molecular formula is C21H19N5O3S. The Morgan fingerprint density at radius 3 is 2.90 bits per heavy atom. The van der Waals surface area contributed by atoms with Crippen molar-refractivity contribution in [1.82, 2.24) is 20.4 Å². The minimum Gasteiger partial charge on any atom is -0.451 e. The van der Waals surface area contributed by atoms with Crippen molar-refractivity contribution in [3.8, 4) is 10.6 Å². The highest BCUT2D eigenvalue weighted by atomic mass is 32.1. The number of carbonyl (C=O) groups is 2. The number of benzene rings is 1. The first-order chi connectivity index (χ1) is 14.6. The fraction of sp³-hybridized carbons (Fsp3) is 0.190. The van der Waals surface area contributed by atoms with E-state index in [1.165, 1.54) is 0 Å². The Morgan fingerprint density at radius 1 is 1.27 bits per heavy atom.